The van der Waals surface area contributed by atoms with Crippen LogP contribution in [0.4, 0.5) is 0 Å². The smallest absolute Gasteiger partial charge is 0.397 e. The summed E-state index contributed by atoms with van der Waals surface area (Å²) < 4.78 is 214. The van der Waals surface area contributed by atoms with Gasteiger partial charge in [0.1, 0.15) is 67.0 Å². The van der Waals surface area contributed by atoms with Crippen molar-refractivity contribution in [1.82, 2.24) is 9.44 Å². The van der Waals surface area contributed by atoms with Crippen molar-refractivity contribution < 1.29 is 136 Å². The highest BCUT2D eigenvalue weighted by atomic mass is 32.3. The van der Waals surface area contributed by atoms with E-state index in [2.05, 4.69) is 12.5 Å². The molecule has 0 spiro atoms. The predicted octanol–water partition coefficient (Wildman–Crippen LogP) is -11.3. The first kappa shape index (κ1) is 48.8. The van der Waals surface area contributed by atoms with E-state index in [-0.39, 0.29) is 0 Å². The maximum absolute atomic E-state index is 12.3. The lowest BCUT2D eigenvalue weighted by Gasteiger charge is -2.50. The van der Waals surface area contributed by atoms with Crippen LogP contribution in [0.5, 0.6) is 0 Å². The standard InChI is InChI=1S/C19H34N2O30S5/c1-43-17-7(21-53(31,32)33)10(24)12(5(47-17)3-45-55(37,38)39)48-19-14(51-56(40,41)42)11(25)13(15(50-19)16(26)27)49-18-6(20-52(28,29)30)9(23)8(22)4(46-18)2-44-54(34,35)36/h4-15,17-25H,2-3H2,1H3,(H,26,27)(H,28,29,30)(H,31,32,33)(H,34,35,36)(H,37,38,39)(H,40,41,42)/p-5/t4-,5-,6-,7-,8-,9-,10-,11+,12-,13+,14-,15-,17+,18-,19-/m1/s1. The number of nitrogens with one attached hydrogen (secondary N) is 2. The molecule has 3 rings (SSSR count). The van der Waals surface area contributed by atoms with Gasteiger partial charge in [0.15, 0.2) is 45.6 Å². The van der Waals surface area contributed by atoms with Crippen LogP contribution in [0.1, 0.15) is 0 Å². The lowest BCUT2D eigenvalue weighted by Crippen LogP contribution is -2.70. The highest BCUT2D eigenvalue weighted by molar-refractivity contribution is 7.84. The molecule has 0 saturated carbocycles. The van der Waals surface area contributed by atoms with Crippen LogP contribution in [0.25, 0.3) is 0 Å². The fourth-order valence-electron chi connectivity index (χ4n) is 5.32. The first-order valence-corrected chi connectivity index (χ1v) is 21.2. The molecule has 0 aliphatic carbocycles. The number of carbonyl (C=O) groups excluding carboxylic acids is 1. The van der Waals surface area contributed by atoms with Crippen LogP contribution in [0.15, 0.2) is 0 Å². The molecule has 0 bridgehead atoms. The van der Waals surface area contributed by atoms with Crippen molar-refractivity contribution in [2.75, 3.05) is 20.3 Å². The number of aliphatic hydroxyl groups is 4. The average molecular weight is 926 g/mol. The summed E-state index contributed by atoms with van der Waals surface area (Å²) in [6.45, 7) is -2.97. The second-order valence-corrected chi connectivity index (χ2v) is 16.7. The molecule has 0 aromatic carbocycles. The molecular weight excluding hydrogens is 897 g/mol. The molecular formula is C19H29N2O30S5-5. The van der Waals surface area contributed by atoms with Gasteiger partial charge >= 0.3 is 10.4 Å². The summed E-state index contributed by atoms with van der Waals surface area (Å²) in [5.74, 6) is -2.50. The Morgan fingerprint density at radius 1 is 0.625 bits per heavy atom. The summed E-state index contributed by atoms with van der Waals surface area (Å²) in [5, 5.41) is 55.3. The number of carbonyl (C=O) groups is 1. The molecule has 32 nitrogen and oxygen atoms in total. The Kier molecular flexibility index (Phi) is 16.0. The number of carboxylic acid groups (broad SMARTS) is 1. The average Bonchev–Trinajstić information content (AvgIpc) is 3.01. The Balaban J connectivity index is 2.09. The lowest BCUT2D eigenvalue weighted by molar-refractivity contribution is -0.378. The number of ether oxygens (including phenoxy) is 6. The zero-order valence-electron chi connectivity index (χ0n) is 27.1. The van der Waals surface area contributed by atoms with Crippen molar-refractivity contribution in [3.8, 4) is 0 Å². The fourth-order valence-corrected chi connectivity index (χ4v) is 7.58. The summed E-state index contributed by atoms with van der Waals surface area (Å²) >= 11 is 0. The van der Waals surface area contributed by atoms with Crippen molar-refractivity contribution in [3.05, 3.63) is 0 Å². The third-order valence-electron chi connectivity index (χ3n) is 7.49. The van der Waals surface area contributed by atoms with Crippen molar-refractivity contribution in [2.24, 2.45) is 0 Å². The third-order valence-corrected chi connectivity index (χ3v) is 9.93. The Morgan fingerprint density at radius 2 is 1.09 bits per heavy atom. The molecule has 0 amide bonds. The van der Waals surface area contributed by atoms with E-state index in [9.17, 15) is 95.2 Å². The molecule has 3 aliphatic rings. The Morgan fingerprint density at radius 3 is 1.54 bits per heavy atom. The zero-order valence-corrected chi connectivity index (χ0v) is 31.1. The van der Waals surface area contributed by atoms with Crippen molar-refractivity contribution in [3.63, 3.8) is 0 Å². The molecule has 0 aromatic rings. The maximum atomic E-state index is 12.3. The van der Waals surface area contributed by atoms with Crippen molar-refractivity contribution in [2.45, 2.75) is 92.0 Å². The van der Waals surface area contributed by atoms with Crippen LogP contribution >= 0.6 is 0 Å². The summed E-state index contributed by atoms with van der Waals surface area (Å²) in [5.41, 5.74) is 0. The van der Waals surface area contributed by atoms with E-state index < -0.39 is 163 Å². The van der Waals surface area contributed by atoms with Gasteiger partial charge in [0.2, 0.25) is 20.8 Å². The molecule has 37 heteroatoms. The minimum atomic E-state index is -5.88. The molecule has 56 heavy (non-hydrogen) atoms. The maximum Gasteiger partial charge on any atom is 0.397 e. The topological polar surface area (TPSA) is 511 Å². The van der Waals surface area contributed by atoms with Crippen molar-refractivity contribution in [1.29, 1.82) is 0 Å². The van der Waals surface area contributed by atoms with Crippen molar-refractivity contribution >= 4 is 57.8 Å². The lowest BCUT2D eigenvalue weighted by atomic mass is 9.95. The minimum absolute atomic E-state index is 0.789. The largest absolute Gasteiger partial charge is 0.735 e. The fraction of sp³-hybridized carbons (Fsp3) is 0.947. The van der Waals surface area contributed by atoms with Gasteiger partial charge in [-0.15, -0.1) is 0 Å². The van der Waals surface area contributed by atoms with Gasteiger partial charge < -0.3 is 77.0 Å². The van der Waals surface area contributed by atoms with Crippen LogP contribution in [0, 0.1) is 0 Å². The van der Waals surface area contributed by atoms with Crippen LogP contribution < -0.4 is 14.6 Å². The van der Waals surface area contributed by atoms with Gasteiger partial charge in [0.25, 0.3) is 0 Å². The number of aliphatic carboxylic acids is 1. The summed E-state index contributed by atoms with van der Waals surface area (Å²) in [7, 11) is -27.6. The van der Waals surface area contributed by atoms with Crippen LogP contribution in [0.2, 0.25) is 0 Å². The van der Waals surface area contributed by atoms with Crippen LogP contribution in [-0.4, -0.2) is 204 Å². The van der Waals surface area contributed by atoms with E-state index in [0.717, 1.165) is 11.8 Å². The van der Waals surface area contributed by atoms with E-state index in [1.165, 1.54) is 4.72 Å². The van der Waals surface area contributed by atoms with Gasteiger partial charge in [-0.05, 0) is 0 Å². The van der Waals surface area contributed by atoms with E-state index in [4.69, 9.17) is 28.4 Å². The van der Waals surface area contributed by atoms with Gasteiger partial charge in [0, 0.05) is 7.11 Å². The monoisotopic (exact) mass is 925 g/mol. The molecule has 0 unspecified atom stereocenters. The summed E-state index contributed by atoms with van der Waals surface area (Å²) in [6.07, 6.45) is -33.8. The Labute approximate surface area is 315 Å². The normalized spacial score (nSPS) is 37.9. The molecule has 3 saturated heterocycles. The predicted molar refractivity (Wildman–Crippen MR) is 153 cm³/mol. The van der Waals surface area contributed by atoms with Crippen LogP contribution in [-0.2, 0) is 97.6 Å². The first-order valence-electron chi connectivity index (χ1n) is 14.4. The van der Waals surface area contributed by atoms with Crippen LogP contribution in [0.3, 0.4) is 0 Å². The van der Waals surface area contributed by atoms with Gasteiger partial charge in [-0.1, -0.05) is 0 Å². The molecule has 3 fully saturated rings. The highest BCUT2D eigenvalue weighted by Crippen LogP contribution is 2.34. The number of hydrogen-bond acceptors (Lipinski definition) is 29. The molecule has 330 valence electrons. The van der Waals surface area contributed by atoms with Gasteiger partial charge in [0.05, 0.1) is 19.2 Å². The Hall–Kier alpha value is -1.58. The molecule has 0 aromatic heterocycles. The molecule has 3 heterocycles. The van der Waals surface area contributed by atoms with E-state index in [1.54, 1.807) is 0 Å². The Bertz CT molecular complexity index is 1920. The molecule has 15 atom stereocenters. The SMILES string of the molecule is CO[C@H]1O[C@H](COS(=O)(=O)[O-])[C@@H](O[C@@H]2O[C@@H](C(=O)[O-])[C@@H](O[C@H]3O[C@H](COS(=O)(=O)[O-])[C@@H](O)[C@H](O)[C@H]3NS(=O)(=O)[O-])[C@H](O)[C@H]2OS(=O)(=O)O)[C@H](O)[C@H]1NS(=O)(=O)[O-]. The van der Waals surface area contributed by atoms with E-state index >= 15 is 0 Å². The quantitative estimate of drug-likeness (QED) is 0.0496. The molecule has 3 aliphatic heterocycles. The second-order valence-electron chi connectivity index (χ2n) is 11.3. The second kappa shape index (κ2) is 18.4. The zero-order chi connectivity index (χ0) is 42.9. The number of carboxylic acids is 1. The summed E-state index contributed by atoms with van der Waals surface area (Å²) in [4.78, 5) is 12.3. The van der Waals surface area contributed by atoms with E-state index in [1.807, 2.05) is 0 Å². The minimum Gasteiger partial charge on any atom is -0.735 e. The first-order chi connectivity index (χ1) is 25.3. The molecule has 0 radical (unpaired) electrons. The van der Waals surface area contributed by atoms with Gasteiger partial charge in [-0.2, -0.15) is 8.42 Å². The highest BCUT2D eigenvalue weighted by Gasteiger charge is 2.56. The van der Waals surface area contributed by atoms with Gasteiger partial charge in [-0.3, -0.25) is 12.9 Å². The number of hydrogen-bond donors (Lipinski definition) is 7. The number of methoxy groups -OCH3 is 1. The van der Waals surface area contributed by atoms with Gasteiger partial charge in [-0.25, -0.2) is 47.3 Å². The molecule has 7 N–H and O–H groups in total. The third kappa shape index (κ3) is 14.0. The van der Waals surface area contributed by atoms with E-state index in [0.29, 0.717) is 0 Å². The summed E-state index contributed by atoms with van der Waals surface area (Å²) in [6, 6.07) is -4.81. The number of aliphatic hydroxyl groups excluding tert-OH is 4. The number of rotatable bonds is 18.